The average molecular weight is 339 g/mol. The van der Waals surface area contributed by atoms with Gasteiger partial charge in [-0.05, 0) is 25.8 Å². The molecule has 6 nitrogen and oxygen atoms in total. The Hall–Kier alpha value is -1.82. The van der Waals surface area contributed by atoms with Crippen LogP contribution in [-0.2, 0) is 16.1 Å². The van der Waals surface area contributed by atoms with Crippen molar-refractivity contribution in [1.29, 1.82) is 0 Å². The standard InChI is InChI=1S/C16H23ClN4O2/c1-3-4-8-21-15(17)13(11(2)19-21)5-6-14(22)20-9-7-12(10-20)16(18)23/h5-6,12H,3-4,7-10H2,1-2H3,(H2,18,23)/b6-5-/t12-/m0/s1. The fourth-order valence-corrected chi connectivity index (χ4v) is 2.99. The Kier molecular flexibility index (Phi) is 5.82. The Morgan fingerprint density at radius 2 is 2.22 bits per heavy atom. The molecule has 0 unspecified atom stereocenters. The zero-order valence-corrected chi connectivity index (χ0v) is 14.3. The summed E-state index contributed by atoms with van der Waals surface area (Å²) < 4.78 is 1.77. The van der Waals surface area contributed by atoms with Gasteiger partial charge in [-0.1, -0.05) is 24.9 Å². The van der Waals surface area contributed by atoms with Crippen molar-refractivity contribution < 1.29 is 9.59 Å². The molecule has 2 rings (SSSR count). The number of carbonyl (C=O) groups is 2. The number of aryl methyl sites for hydroxylation is 2. The number of rotatable bonds is 6. The fraction of sp³-hybridized carbons (Fsp3) is 0.562. The minimum absolute atomic E-state index is 0.134. The van der Waals surface area contributed by atoms with Crippen molar-refractivity contribution in [3.05, 3.63) is 22.5 Å². The number of nitrogens with two attached hydrogens (primary N) is 1. The van der Waals surface area contributed by atoms with E-state index in [-0.39, 0.29) is 17.7 Å². The minimum Gasteiger partial charge on any atom is -0.369 e. The van der Waals surface area contributed by atoms with Gasteiger partial charge in [-0.25, -0.2) is 0 Å². The highest BCUT2D eigenvalue weighted by molar-refractivity contribution is 6.31. The topological polar surface area (TPSA) is 81.2 Å². The lowest BCUT2D eigenvalue weighted by molar-refractivity contribution is -0.125. The van der Waals surface area contributed by atoms with Crippen molar-refractivity contribution in [3.63, 3.8) is 0 Å². The number of hydrogen-bond donors (Lipinski definition) is 1. The smallest absolute Gasteiger partial charge is 0.246 e. The van der Waals surface area contributed by atoms with Crippen LogP contribution in [0.2, 0.25) is 5.15 Å². The van der Waals surface area contributed by atoms with E-state index in [1.165, 1.54) is 6.08 Å². The number of likely N-dealkylation sites (tertiary alicyclic amines) is 1. The summed E-state index contributed by atoms with van der Waals surface area (Å²) in [6.45, 7) is 5.70. The van der Waals surface area contributed by atoms with Gasteiger partial charge in [-0.3, -0.25) is 14.3 Å². The number of primary amides is 1. The highest BCUT2D eigenvalue weighted by atomic mass is 35.5. The van der Waals surface area contributed by atoms with Gasteiger partial charge in [0.15, 0.2) is 0 Å². The van der Waals surface area contributed by atoms with Crippen LogP contribution in [0.5, 0.6) is 0 Å². The van der Waals surface area contributed by atoms with Crippen LogP contribution in [0.4, 0.5) is 0 Å². The molecule has 2 N–H and O–H groups in total. The highest BCUT2D eigenvalue weighted by Gasteiger charge is 2.28. The number of halogens is 1. The molecule has 1 saturated heterocycles. The maximum atomic E-state index is 12.2. The largest absolute Gasteiger partial charge is 0.369 e. The van der Waals surface area contributed by atoms with Gasteiger partial charge in [0, 0.05) is 31.3 Å². The molecule has 0 bridgehead atoms. The van der Waals surface area contributed by atoms with Crippen LogP contribution in [-0.4, -0.2) is 39.6 Å². The number of unbranched alkanes of at least 4 members (excludes halogenated alkanes) is 1. The molecule has 23 heavy (non-hydrogen) atoms. The SMILES string of the molecule is CCCCn1nc(C)c(/C=C\C(=O)N2CC[C@H](C(N)=O)C2)c1Cl. The van der Waals surface area contributed by atoms with Gasteiger partial charge in [-0.15, -0.1) is 0 Å². The Morgan fingerprint density at radius 3 is 2.83 bits per heavy atom. The van der Waals surface area contributed by atoms with E-state index in [1.807, 2.05) is 6.92 Å². The first-order valence-electron chi connectivity index (χ1n) is 7.93. The zero-order valence-electron chi connectivity index (χ0n) is 13.6. The van der Waals surface area contributed by atoms with Crippen LogP contribution in [0.25, 0.3) is 6.08 Å². The van der Waals surface area contributed by atoms with E-state index in [1.54, 1.807) is 15.7 Å². The van der Waals surface area contributed by atoms with Gasteiger partial charge in [0.05, 0.1) is 11.6 Å². The van der Waals surface area contributed by atoms with Crippen molar-refractivity contribution in [2.24, 2.45) is 11.7 Å². The molecule has 1 aromatic heterocycles. The molecule has 0 aromatic carbocycles. The Balaban J connectivity index is 2.04. The first-order valence-corrected chi connectivity index (χ1v) is 8.31. The van der Waals surface area contributed by atoms with Crippen LogP contribution in [0.15, 0.2) is 6.08 Å². The monoisotopic (exact) mass is 338 g/mol. The third-order valence-corrected chi connectivity index (χ3v) is 4.53. The molecule has 0 saturated carbocycles. The number of amides is 2. The predicted octanol–water partition coefficient (Wildman–Crippen LogP) is 1.99. The summed E-state index contributed by atoms with van der Waals surface area (Å²) in [6, 6.07) is 0. The molecule has 126 valence electrons. The van der Waals surface area contributed by atoms with Crippen molar-refractivity contribution in [2.45, 2.75) is 39.7 Å². The van der Waals surface area contributed by atoms with Crippen molar-refractivity contribution in [1.82, 2.24) is 14.7 Å². The van der Waals surface area contributed by atoms with Gasteiger partial charge in [-0.2, -0.15) is 5.10 Å². The molecule has 1 atom stereocenters. The summed E-state index contributed by atoms with van der Waals surface area (Å²) in [5, 5.41) is 4.96. The molecular weight excluding hydrogens is 316 g/mol. The van der Waals surface area contributed by atoms with Crippen molar-refractivity contribution >= 4 is 29.5 Å². The third kappa shape index (κ3) is 4.13. The molecule has 1 aromatic rings. The van der Waals surface area contributed by atoms with Crippen LogP contribution in [0, 0.1) is 12.8 Å². The number of nitrogens with zero attached hydrogens (tertiary/aromatic N) is 3. The number of aromatic nitrogens is 2. The van der Waals surface area contributed by atoms with Gasteiger partial charge < -0.3 is 10.6 Å². The van der Waals surface area contributed by atoms with E-state index in [4.69, 9.17) is 17.3 Å². The predicted molar refractivity (Wildman–Crippen MR) is 89.8 cm³/mol. The molecule has 0 radical (unpaired) electrons. The molecular formula is C16H23ClN4O2. The fourth-order valence-electron chi connectivity index (χ4n) is 2.67. The second-order valence-corrected chi connectivity index (χ2v) is 6.23. The number of hydrogen-bond acceptors (Lipinski definition) is 3. The average Bonchev–Trinajstić information content (AvgIpc) is 3.09. The van der Waals surface area contributed by atoms with Crippen LogP contribution >= 0.6 is 11.6 Å². The summed E-state index contributed by atoms with van der Waals surface area (Å²) in [5.41, 5.74) is 6.85. The van der Waals surface area contributed by atoms with Crippen LogP contribution in [0.3, 0.4) is 0 Å². The van der Waals surface area contributed by atoms with E-state index < -0.39 is 0 Å². The van der Waals surface area contributed by atoms with Crippen LogP contribution < -0.4 is 5.73 Å². The Labute approximate surface area is 141 Å². The number of carbonyl (C=O) groups excluding carboxylic acids is 2. The second kappa shape index (κ2) is 7.64. The molecule has 7 heteroatoms. The third-order valence-electron chi connectivity index (χ3n) is 4.13. The lowest BCUT2D eigenvalue weighted by atomic mass is 10.1. The van der Waals surface area contributed by atoms with Gasteiger partial charge in [0.25, 0.3) is 0 Å². The van der Waals surface area contributed by atoms with E-state index in [0.29, 0.717) is 24.7 Å². The normalized spacial score (nSPS) is 18.0. The molecule has 2 amide bonds. The van der Waals surface area contributed by atoms with E-state index in [2.05, 4.69) is 12.0 Å². The second-order valence-electron chi connectivity index (χ2n) is 5.87. The van der Waals surface area contributed by atoms with Gasteiger partial charge >= 0.3 is 0 Å². The summed E-state index contributed by atoms with van der Waals surface area (Å²) in [5.74, 6) is -0.722. The summed E-state index contributed by atoms with van der Waals surface area (Å²) in [4.78, 5) is 25.0. The van der Waals surface area contributed by atoms with Gasteiger partial charge in [0.2, 0.25) is 11.8 Å². The zero-order chi connectivity index (χ0) is 17.0. The lowest BCUT2D eigenvalue weighted by Crippen LogP contribution is -2.30. The first kappa shape index (κ1) is 17.5. The molecule has 0 spiro atoms. The maximum Gasteiger partial charge on any atom is 0.246 e. The lowest BCUT2D eigenvalue weighted by Gasteiger charge is -2.13. The van der Waals surface area contributed by atoms with E-state index >= 15 is 0 Å². The molecule has 2 heterocycles. The molecule has 1 aliphatic rings. The van der Waals surface area contributed by atoms with Gasteiger partial charge in [0.1, 0.15) is 5.15 Å². The van der Waals surface area contributed by atoms with Crippen LogP contribution in [0.1, 0.15) is 37.4 Å². The quantitative estimate of drug-likeness (QED) is 0.805. The molecule has 1 aliphatic heterocycles. The maximum absolute atomic E-state index is 12.2. The van der Waals surface area contributed by atoms with E-state index in [9.17, 15) is 9.59 Å². The van der Waals surface area contributed by atoms with Crippen molar-refractivity contribution in [2.75, 3.05) is 13.1 Å². The Bertz CT molecular complexity index is 624. The molecule has 0 aliphatic carbocycles. The first-order chi connectivity index (χ1) is 10.9. The highest BCUT2D eigenvalue weighted by Crippen LogP contribution is 2.22. The minimum atomic E-state index is -0.347. The van der Waals surface area contributed by atoms with Crippen molar-refractivity contribution in [3.8, 4) is 0 Å². The summed E-state index contributed by atoms with van der Waals surface area (Å²) >= 11 is 6.34. The summed E-state index contributed by atoms with van der Waals surface area (Å²) in [7, 11) is 0. The molecule has 1 fully saturated rings. The Morgan fingerprint density at radius 1 is 1.48 bits per heavy atom. The summed E-state index contributed by atoms with van der Waals surface area (Å²) in [6.07, 6.45) is 5.89. The van der Waals surface area contributed by atoms with E-state index in [0.717, 1.165) is 30.6 Å².